The molecule has 0 rings (SSSR count). The van der Waals surface area contributed by atoms with Crippen LogP contribution < -0.4 is 0 Å². The molecule has 0 radical (unpaired) electrons. The van der Waals surface area contributed by atoms with Gasteiger partial charge in [0.25, 0.3) is 0 Å². The first-order valence-corrected chi connectivity index (χ1v) is 7.92. The Morgan fingerprint density at radius 2 is 2.00 bits per heavy atom. The fourth-order valence-electron chi connectivity index (χ4n) is 1.09. The predicted molar refractivity (Wildman–Crippen MR) is 66.2 cm³/mol. The van der Waals surface area contributed by atoms with Gasteiger partial charge < -0.3 is 13.9 Å². The van der Waals surface area contributed by atoms with Gasteiger partial charge in [-0.3, -0.25) is 4.79 Å². The molecule has 0 aliphatic rings. The van der Waals surface area contributed by atoms with Gasteiger partial charge in [0.15, 0.2) is 0 Å². The van der Waals surface area contributed by atoms with Gasteiger partial charge >= 0.3 is 11.9 Å². The maximum absolute atomic E-state index is 11.1. The number of carbonyl (C=O) groups is 2. The third kappa shape index (κ3) is 8.64. The molecule has 0 aliphatic carbocycles. The summed E-state index contributed by atoms with van der Waals surface area (Å²) in [7, 11) is -0.0735. The number of methoxy groups -OCH3 is 1. The molecule has 17 heavy (non-hydrogen) atoms. The molecule has 0 N–H and O–H groups in total. The van der Waals surface area contributed by atoms with Crippen LogP contribution in [-0.2, 0) is 23.5 Å². The fourth-order valence-corrected chi connectivity index (χ4v) is 2.47. The quantitative estimate of drug-likeness (QED) is 0.282. The summed E-state index contributed by atoms with van der Waals surface area (Å²) < 4.78 is 14.7. The van der Waals surface area contributed by atoms with Crippen LogP contribution in [0.25, 0.3) is 0 Å². The molecule has 98 valence electrons. The van der Waals surface area contributed by atoms with Gasteiger partial charge in [0.2, 0.25) is 9.04 Å². The molecule has 1 atom stereocenters. The van der Waals surface area contributed by atoms with E-state index in [2.05, 4.69) is 11.3 Å². The lowest BCUT2D eigenvalue weighted by Gasteiger charge is -2.11. The van der Waals surface area contributed by atoms with Crippen molar-refractivity contribution in [3.8, 4) is 0 Å². The summed E-state index contributed by atoms with van der Waals surface area (Å²) in [5.74, 6) is -0.707. The van der Waals surface area contributed by atoms with Crippen molar-refractivity contribution in [2.45, 2.75) is 25.9 Å². The molecule has 0 saturated carbocycles. The van der Waals surface area contributed by atoms with Crippen LogP contribution in [0, 0.1) is 0 Å². The molecule has 0 aromatic heterocycles. The first kappa shape index (κ1) is 15.9. The van der Waals surface area contributed by atoms with Gasteiger partial charge in [0, 0.05) is 12.7 Å². The van der Waals surface area contributed by atoms with Crippen molar-refractivity contribution in [3.05, 3.63) is 12.2 Å². The van der Waals surface area contributed by atoms with Gasteiger partial charge in [-0.1, -0.05) is 6.58 Å². The first-order chi connectivity index (χ1) is 7.97. The molecule has 6 heteroatoms. The average Bonchev–Trinajstić information content (AvgIpc) is 2.24. The van der Waals surface area contributed by atoms with Crippen molar-refractivity contribution in [2.75, 3.05) is 20.3 Å². The lowest BCUT2D eigenvalue weighted by atomic mass is 10.4. The molecular formula is C11H20O5Si. The monoisotopic (exact) mass is 260 g/mol. The number of rotatable bonds is 8. The summed E-state index contributed by atoms with van der Waals surface area (Å²) in [6, 6.07) is 0.777. The van der Waals surface area contributed by atoms with Crippen LogP contribution >= 0.6 is 0 Å². The second-order valence-electron chi connectivity index (χ2n) is 3.79. The summed E-state index contributed by atoms with van der Waals surface area (Å²) in [6.07, 6.45) is 0.701. The van der Waals surface area contributed by atoms with Crippen molar-refractivity contribution in [1.82, 2.24) is 0 Å². The zero-order valence-corrected chi connectivity index (χ0v) is 11.8. The highest BCUT2D eigenvalue weighted by molar-refractivity contribution is 6.52. The second-order valence-corrected chi connectivity index (χ2v) is 6.23. The molecule has 1 unspecified atom stereocenters. The van der Waals surface area contributed by atoms with E-state index in [1.165, 1.54) is 7.11 Å². The molecule has 0 aliphatic heterocycles. The first-order valence-electron chi connectivity index (χ1n) is 5.48. The maximum Gasteiger partial charge on any atom is 0.333 e. The molecule has 0 aromatic rings. The SMILES string of the molecule is C=C(C)C(=O)OCCC[SiH](C)OC(=O)COC. The number of esters is 1. The average molecular weight is 260 g/mol. The minimum atomic E-state index is -1.52. The molecule has 0 amide bonds. The highest BCUT2D eigenvalue weighted by Gasteiger charge is 2.11. The summed E-state index contributed by atoms with van der Waals surface area (Å²) in [6.45, 7) is 7.33. The van der Waals surface area contributed by atoms with E-state index in [0.29, 0.717) is 18.6 Å². The van der Waals surface area contributed by atoms with Crippen LogP contribution in [0.2, 0.25) is 12.6 Å². The molecule has 0 heterocycles. The Hall–Kier alpha value is -1.14. The van der Waals surface area contributed by atoms with Crippen molar-refractivity contribution in [1.29, 1.82) is 0 Å². The molecule has 0 spiro atoms. The molecule has 0 aromatic carbocycles. The van der Waals surface area contributed by atoms with Crippen molar-refractivity contribution in [3.63, 3.8) is 0 Å². The van der Waals surface area contributed by atoms with E-state index in [1.54, 1.807) is 6.92 Å². The summed E-state index contributed by atoms with van der Waals surface area (Å²) in [4.78, 5) is 22.1. The Bertz CT molecular complexity index is 277. The molecular weight excluding hydrogens is 240 g/mol. The normalized spacial score (nSPS) is 11.7. The zero-order chi connectivity index (χ0) is 13.3. The largest absolute Gasteiger partial charge is 0.521 e. The van der Waals surface area contributed by atoms with Gasteiger partial charge in [-0.15, -0.1) is 0 Å². The Morgan fingerprint density at radius 1 is 1.35 bits per heavy atom. The van der Waals surface area contributed by atoms with Crippen molar-refractivity contribution in [2.24, 2.45) is 0 Å². The van der Waals surface area contributed by atoms with E-state index in [0.717, 1.165) is 6.04 Å². The van der Waals surface area contributed by atoms with Gasteiger partial charge in [-0.05, 0) is 25.9 Å². The smallest absolute Gasteiger partial charge is 0.333 e. The van der Waals surface area contributed by atoms with Crippen molar-refractivity contribution >= 4 is 21.0 Å². The van der Waals surface area contributed by atoms with E-state index in [4.69, 9.17) is 9.16 Å². The maximum atomic E-state index is 11.1. The van der Waals surface area contributed by atoms with E-state index in [1.807, 2.05) is 6.55 Å². The van der Waals surface area contributed by atoms with Crippen LogP contribution in [0.1, 0.15) is 13.3 Å². The lowest BCUT2D eigenvalue weighted by Crippen LogP contribution is -2.22. The number of hydrogen-bond acceptors (Lipinski definition) is 5. The number of carbonyl (C=O) groups excluding carboxylic acids is 2. The standard InChI is InChI=1S/C11H20O5Si/c1-9(2)11(13)15-6-5-7-17(4)16-10(12)8-14-3/h17H,1,5-8H2,2-4H3. The number of hydrogen-bond donors (Lipinski definition) is 0. The lowest BCUT2D eigenvalue weighted by molar-refractivity contribution is -0.140. The topological polar surface area (TPSA) is 61.8 Å². The third-order valence-electron chi connectivity index (χ3n) is 1.93. The van der Waals surface area contributed by atoms with Gasteiger partial charge in [-0.2, -0.15) is 0 Å². The van der Waals surface area contributed by atoms with Gasteiger partial charge in [-0.25, -0.2) is 4.79 Å². The molecule has 0 fully saturated rings. The van der Waals surface area contributed by atoms with Crippen LogP contribution in [0.3, 0.4) is 0 Å². The molecule has 0 saturated heterocycles. The minimum absolute atomic E-state index is 0.0119. The summed E-state index contributed by atoms with van der Waals surface area (Å²) in [5, 5.41) is 0. The number of ether oxygens (including phenoxy) is 2. The van der Waals surface area contributed by atoms with Crippen molar-refractivity contribution < 1.29 is 23.5 Å². The Labute approximate surface area is 103 Å². The minimum Gasteiger partial charge on any atom is -0.521 e. The van der Waals surface area contributed by atoms with Crippen LogP contribution in [0.15, 0.2) is 12.2 Å². The Balaban J connectivity index is 3.58. The molecule has 5 nitrogen and oxygen atoms in total. The van der Waals surface area contributed by atoms with E-state index in [9.17, 15) is 9.59 Å². The molecule has 0 bridgehead atoms. The second kappa shape index (κ2) is 8.95. The highest BCUT2D eigenvalue weighted by Crippen LogP contribution is 2.02. The highest BCUT2D eigenvalue weighted by atomic mass is 28.3. The van der Waals surface area contributed by atoms with Gasteiger partial charge in [0.1, 0.15) is 6.61 Å². The van der Waals surface area contributed by atoms with E-state index >= 15 is 0 Å². The Kier molecular flexibility index (Phi) is 8.34. The van der Waals surface area contributed by atoms with E-state index in [-0.39, 0.29) is 18.5 Å². The third-order valence-corrected chi connectivity index (χ3v) is 3.82. The fraction of sp³-hybridized carbons (Fsp3) is 0.636. The zero-order valence-electron chi connectivity index (χ0n) is 10.7. The van der Waals surface area contributed by atoms with Crippen LogP contribution in [0.5, 0.6) is 0 Å². The van der Waals surface area contributed by atoms with E-state index < -0.39 is 9.04 Å². The predicted octanol–water partition coefficient (Wildman–Crippen LogP) is 1.04. The summed E-state index contributed by atoms with van der Waals surface area (Å²) in [5.41, 5.74) is 0.391. The Morgan fingerprint density at radius 3 is 2.53 bits per heavy atom. The summed E-state index contributed by atoms with van der Waals surface area (Å²) >= 11 is 0. The van der Waals surface area contributed by atoms with Crippen LogP contribution in [-0.4, -0.2) is 41.3 Å². The van der Waals surface area contributed by atoms with Crippen LogP contribution in [0.4, 0.5) is 0 Å². The van der Waals surface area contributed by atoms with Gasteiger partial charge in [0.05, 0.1) is 6.61 Å².